The van der Waals surface area contributed by atoms with Gasteiger partial charge in [0, 0.05) is 24.1 Å². The quantitative estimate of drug-likeness (QED) is 0.541. The van der Waals surface area contributed by atoms with Gasteiger partial charge in [-0.25, -0.2) is 13.8 Å². The van der Waals surface area contributed by atoms with Gasteiger partial charge in [-0.05, 0) is 56.0 Å². The van der Waals surface area contributed by atoms with Gasteiger partial charge in [0.05, 0.1) is 27.8 Å². The highest BCUT2D eigenvalue weighted by Crippen LogP contribution is 2.38. The number of halogens is 2. The Hall–Kier alpha value is -3.24. The first kappa shape index (κ1) is 23.2. The molecular weight excluding hydrogens is 486 g/mol. The fourth-order valence-electron chi connectivity index (χ4n) is 5.71. The van der Waals surface area contributed by atoms with E-state index in [4.69, 9.17) is 0 Å². The Bertz CT molecular complexity index is 1400. The van der Waals surface area contributed by atoms with E-state index in [1.807, 2.05) is 17.6 Å². The second-order valence-corrected chi connectivity index (χ2v) is 10.5. The summed E-state index contributed by atoms with van der Waals surface area (Å²) >= 11 is 1.62. The Labute approximate surface area is 210 Å². The van der Waals surface area contributed by atoms with Crippen LogP contribution in [-0.2, 0) is 22.7 Å². The van der Waals surface area contributed by atoms with Crippen LogP contribution in [0, 0.1) is 11.6 Å². The minimum Gasteiger partial charge on any atom is -0.322 e. The number of imide groups is 1. The number of hydrogen-bond donors (Lipinski definition) is 1. The second-order valence-electron chi connectivity index (χ2n) is 9.68. The van der Waals surface area contributed by atoms with Crippen molar-refractivity contribution in [1.82, 2.24) is 20.1 Å². The number of benzene rings is 2. The fourth-order valence-corrected chi connectivity index (χ4v) is 6.51. The number of piperidine rings is 2. The highest BCUT2D eigenvalue weighted by molar-refractivity contribution is 7.16. The zero-order valence-corrected chi connectivity index (χ0v) is 20.2. The van der Waals surface area contributed by atoms with Gasteiger partial charge in [0.1, 0.15) is 17.7 Å². The number of carbonyl (C=O) groups excluding carboxylic acids is 3. The number of thiazole rings is 1. The number of carbonyl (C=O) groups is 3. The van der Waals surface area contributed by atoms with Crippen LogP contribution in [-0.4, -0.2) is 51.6 Å². The van der Waals surface area contributed by atoms with Crippen LogP contribution in [0.4, 0.5) is 8.78 Å². The molecule has 1 unspecified atom stereocenters. The Kier molecular flexibility index (Phi) is 5.80. The van der Waals surface area contributed by atoms with Crippen LogP contribution in [0.5, 0.6) is 0 Å². The first-order chi connectivity index (χ1) is 17.4. The van der Waals surface area contributed by atoms with E-state index in [1.165, 1.54) is 15.2 Å². The first-order valence-corrected chi connectivity index (χ1v) is 13.0. The van der Waals surface area contributed by atoms with E-state index in [2.05, 4.69) is 21.3 Å². The monoisotopic (exact) mass is 510 g/mol. The van der Waals surface area contributed by atoms with Crippen LogP contribution in [0.15, 0.2) is 29.8 Å². The van der Waals surface area contributed by atoms with Gasteiger partial charge in [0.2, 0.25) is 11.8 Å². The largest absolute Gasteiger partial charge is 0.322 e. The summed E-state index contributed by atoms with van der Waals surface area (Å²) in [4.78, 5) is 44.6. The van der Waals surface area contributed by atoms with Crippen molar-refractivity contribution in [2.24, 2.45) is 0 Å². The molecule has 186 valence electrons. The van der Waals surface area contributed by atoms with Crippen molar-refractivity contribution in [2.75, 3.05) is 13.1 Å². The van der Waals surface area contributed by atoms with Crippen molar-refractivity contribution in [1.29, 1.82) is 0 Å². The SMILES string of the molecule is O=C1CCC(N2Cc3c(cc(F)c(C4CCN(Cc5cccc6ncsc56)CC4)c3F)C2=O)C(=O)N1. The summed E-state index contributed by atoms with van der Waals surface area (Å²) in [5, 5.41) is 2.23. The summed E-state index contributed by atoms with van der Waals surface area (Å²) < 4.78 is 32.0. The number of hydrogen-bond acceptors (Lipinski definition) is 6. The smallest absolute Gasteiger partial charge is 0.255 e. The van der Waals surface area contributed by atoms with E-state index in [0.29, 0.717) is 25.9 Å². The molecule has 36 heavy (non-hydrogen) atoms. The molecule has 3 amide bonds. The van der Waals surface area contributed by atoms with E-state index in [-0.39, 0.29) is 42.0 Å². The second kappa shape index (κ2) is 9.01. The summed E-state index contributed by atoms with van der Waals surface area (Å²) in [6.07, 6.45) is 1.50. The molecule has 4 heterocycles. The Morgan fingerprint density at radius 3 is 2.69 bits per heavy atom. The molecule has 2 fully saturated rings. The minimum atomic E-state index is -0.861. The van der Waals surface area contributed by atoms with Gasteiger partial charge in [-0.2, -0.15) is 0 Å². The lowest BCUT2D eigenvalue weighted by Crippen LogP contribution is -2.52. The third-order valence-corrected chi connectivity index (χ3v) is 8.51. The van der Waals surface area contributed by atoms with Crippen LogP contribution in [0.2, 0.25) is 0 Å². The number of nitrogens with one attached hydrogen (secondary N) is 1. The third kappa shape index (κ3) is 3.88. The van der Waals surface area contributed by atoms with Crippen LogP contribution >= 0.6 is 11.3 Å². The molecule has 0 radical (unpaired) electrons. The lowest BCUT2D eigenvalue weighted by atomic mass is 9.86. The molecule has 2 saturated heterocycles. The average Bonchev–Trinajstić information content (AvgIpc) is 3.46. The van der Waals surface area contributed by atoms with E-state index in [1.54, 1.807) is 11.3 Å². The number of likely N-dealkylation sites (tertiary alicyclic amines) is 1. The molecule has 7 nitrogen and oxygen atoms in total. The van der Waals surface area contributed by atoms with Gasteiger partial charge < -0.3 is 4.90 Å². The van der Waals surface area contributed by atoms with Crippen molar-refractivity contribution >= 4 is 39.3 Å². The van der Waals surface area contributed by atoms with Gasteiger partial charge >= 0.3 is 0 Å². The number of amides is 3. The molecule has 0 bridgehead atoms. The molecule has 0 saturated carbocycles. The van der Waals surface area contributed by atoms with Crippen molar-refractivity contribution in [3.8, 4) is 0 Å². The summed E-state index contributed by atoms with van der Waals surface area (Å²) in [5.74, 6) is -3.22. The zero-order valence-electron chi connectivity index (χ0n) is 19.4. The molecule has 0 aliphatic carbocycles. The van der Waals surface area contributed by atoms with E-state index in [0.717, 1.165) is 18.1 Å². The van der Waals surface area contributed by atoms with Gasteiger partial charge in [0.15, 0.2) is 0 Å². The Morgan fingerprint density at radius 2 is 1.92 bits per heavy atom. The number of fused-ring (bicyclic) bond motifs is 2. The van der Waals surface area contributed by atoms with E-state index in [9.17, 15) is 14.4 Å². The third-order valence-electron chi connectivity index (χ3n) is 7.59. The maximum absolute atomic E-state index is 15.7. The molecule has 3 aliphatic heterocycles. The van der Waals surface area contributed by atoms with E-state index < -0.39 is 35.4 Å². The minimum absolute atomic E-state index is 0.0338. The van der Waals surface area contributed by atoms with Crippen LogP contribution in [0.3, 0.4) is 0 Å². The van der Waals surface area contributed by atoms with Gasteiger partial charge in [-0.1, -0.05) is 12.1 Å². The summed E-state index contributed by atoms with van der Waals surface area (Å²) in [6, 6.07) is 6.35. The van der Waals surface area contributed by atoms with Crippen molar-refractivity contribution in [3.63, 3.8) is 0 Å². The summed E-state index contributed by atoms with van der Waals surface area (Å²) in [5.41, 5.74) is 4.17. The molecule has 6 rings (SSSR count). The summed E-state index contributed by atoms with van der Waals surface area (Å²) in [7, 11) is 0. The molecule has 3 aliphatic rings. The molecule has 1 atom stereocenters. The van der Waals surface area contributed by atoms with Crippen molar-refractivity contribution in [3.05, 3.63) is 63.7 Å². The molecular formula is C26H24F2N4O3S. The van der Waals surface area contributed by atoms with Crippen LogP contribution in [0.25, 0.3) is 10.2 Å². The number of aromatic nitrogens is 1. The topological polar surface area (TPSA) is 82.6 Å². The highest BCUT2D eigenvalue weighted by Gasteiger charge is 2.42. The average molecular weight is 511 g/mol. The van der Waals surface area contributed by atoms with Crippen molar-refractivity contribution in [2.45, 2.75) is 50.7 Å². The van der Waals surface area contributed by atoms with Gasteiger partial charge in [-0.15, -0.1) is 11.3 Å². The molecule has 2 aromatic carbocycles. The van der Waals surface area contributed by atoms with E-state index >= 15 is 8.78 Å². The maximum atomic E-state index is 15.7. The van der Waals surface area contributed by atoms with Crippen molar-refractivity contribution < 1.29 is 23.2 Å². The van der Waals surface area contributed by atoms with Crippen LogP contribution in [0.1, 0.15) is 58.6 Å². The highest BCUT2D eigenvalue weighted by atomic mass is 32.1. The first-order valence-electron chi connectivity index (χ1n) is 12.1. The fraction of sp³-hybridized carbons (Fsp3) is 0.385. The summed E-state index contributed by atoms with van der Waals surface area (Å²) in [6.45, 7) is 2.07. The van der Waals surface area contributed by atoms with Gasteiger partial charge in [-0.3, -0.25) is 24.6 Å². The Balaban J connectivity index is 1.18. The predicted molar refractivity (Wildman–Crippen MR) is 129 cm³/mol. The standard InChI is InChI=1S/C26H24F2N4O3S/c27-18-10-16-17(12-32(26(16)35)20-4-5-21(33)30-25(20)34)23(28)22(18)14-6-8-31(9-7-14)11-15-2-1-3-19-24(15)36-13-29-19/h1-3,10,13-14,20H,4-9,11-12H2,(H,30,33,34). The lowest BCUT2D eigenvalue weighted by molar-refractivity contribution is -0.136. The molecule has 1 aromatic heterocycles. The van der Waals surface area contributed by atoms with Gasteiger partial charge in [0.25, 0.3) is 5.91 Å². The molecule has 0 spiro atoms. The lowest BCUT2D eigenvalue weighted by Gasteiger charge is -2.32. The Morgan fingerprint density at radius 1 is 1.11 bits per heavy atom. The molecule has 3 aromatic rings. The number of nitrogens with zero attached hydrogens (tertiary/aromatic N) is 3. The maximum Gasteiger partial charge on any atom is 0.255 e. The zero-order chi connectivity index (χ0) is 25.0. The molecule has 1 N–H and O–H groups in total. The molecule has 10 heteroatoms. The normalized spacial score (nSPS) is 21.3. The van der Waals surface area contributed by atoms with Crippen LogP contribution < -0.4 is 5.32 Å². The number of rotatable bonds is 4. The predicted octanol–water partition coefficient (Wildman–Crippen LogP) is 3.72.